The maximum atomic E-state index is 12.9. The molecule has 33 heavy (non-hydrogen) atoms. The van der Waals surface area contributed by atoms with Gasteiger partial charge in [0.1, 0.15) is 0 Å². The molecule has 0 saturated heterocycles. The zero-order chi connectivity index (χ0) is 24.1. The molecule has 1 atom stereocenters. The Bertz CT molecular complexity index is 1330. The van der Waals surface area contributed by atoms with Crippen LogP contribution >= 0.6 is 23.2 Å². The minimum absolute atomic E-state index is 0.103. The zero-order valence-corrected chi connectivity index (χ0v) is 19.1. The number of hydrogen-bond acceptors (Lipinski definition) is 5. The van der Waals surface area contributed by atoms with Crippen LogP contribution in [-0.4, -0.2) is 21.0 Å². The van der Waals surface area contributed by atoms with Crippen molar-refractivity contribution in [3.63, 3.8) is 0 Å². The molecule has 1 amide bonds. The van der Waals surface area contributed by atoms with Crippen molar-refractivity contribution in [2.45, 2.75) is 6.10 Å². The third kappa shape index (κ3) is 6.00. The number of benzene rings is 2. The molecule has 1 heterocycles. The Kier molecular flexibility index (Phi) is 7.52. The van der Waals surface area contributed by atoms with Gasteiger partial charge in [-0.3, -0.25) is 14.2 Å². The summed E-state index contributed by atoms with van der Waals surface area (Å²) >= 11 is 12.0. The van der Waals surface area contributed by atoms with Gasteiger partial charge >= 0.3 is 11.7 Å². The van der Waals surface area contributed by atoms with Gasteiger partial charge in [-0.25, -0.2) is 9.59 Å². The van der Waals surface area contributed by atoms with Crippen LogP contribution in [0, 0.1) is 0 Å². The van der Waals surface area contributed by atoms with E-state index in [0.717, 1.165) is 10.6 Å². The van der Waals surface area contributed by atoms with E-state index in [9.17, 15) is 19.2 Å². The molecule has 1 aromatic heterocycles. The van der Waals surface area contributed by atoms with E-state index < -0.39 is 29.2 Å². The number of nitrogens with one attached hydrogen (secondary N) is 1. The van der Waals surface area contributed by atoms with E-state index in [0.29, 0.717) is 21.3 Å². The van der Waals surface area contributed by atoms with Gasteiger partial charge in [0.25, 0.3) is 11.5 Å². The number of nitrogens with zero attached hydrogens (tertiary/aromatic N) is 2. The quantitative estimate of drug-likeness (QED) is 0.424. The largest absolute Gasteiger partial charge is 0.444 e. The topological polar surface area (TPSA) is 99.4 Å². The highest BCUT2D eigenvalue weighted by Crippen LogP contribution is 2.25. The lowest BCUT2D eigenvalue weighted by molar-refractivity contribution is -0.149. The summed E-state index contributed by atoms with van der Waals surface area (Å²) in [5.74, 6) is -1.49. The van der Waals surface area contributed by atoms with E-state index >= 15 is 0 Å². The highest BCUT2D eigenvalue weighted by molar-refractivity contribution is 6.35. The molecule has 1 unspecified atom stereocenters. The number of amides is 1. The number of carbonyl (C=O) groups excluding carboxylic acids is 2. The predicted molar refractivity (Wildman–Crippen MR) is 126 cm³/mol. The third-order valence-corrected chi connectivity index (χ3v) is 5.01. The van der Waals surface area contributed by atoms with Gasteiger partial charge in [0.05, 0.1) is 5.56 Å². The summed E-state index contributed by atoms with van der Waals surface area (Å²) in [5.41, 5.74) is -0.202. The average molecular weight is 488 g/mol. The smallest absolute Gasteiger partial charge is 0.331 e. The standard InChI is InChI=1S/C23H19Cl2N3O5/c1-27-13-15(22(31)28(2)23(27)32)8-9-19(29)33-20(14-6-4-3-5-7-14)21(30)26-18-11-16(24)10-17(25)12-18/h3-13,20H,1-2H3,(H,26,30). The Labute approximate surface area is 198 Å². The number of aryl methyl sites for hydroxylation is 1. The van der Waals surface area contributed by atoms with Crippen molar-refractivity contribution in [3.05, 3.63) is 103 Å². The average Bonchev–Trinajstić information content (AvgIpc) is 2.77. The summed E-state index contributed by atoms with van der Waals surface area (Å²) in [6, 6.07) is 12.9. The van der Waals surface area contributed by atoms with Crippen molar-refractivity contribution in [1.82, 2.24) is 9.13 Å². The summed E-state index contributed by atoms with van der Waals surface area (Å²) < 4.78 is 7.52. The third-order valence-electron chi connectivity index (χ3n) is 4.58. The van der Waals surface area contributed by atoms with Crippen molar-refractivity contribution in [2.75, 3.05) is 5.32 Å². The SMILES string of the molecule is Cn1cc(C=CC(=O)OC(C(=O)Nc2cc(Cl)cc(Cl)c2)c2ccccc2)c(=O)n(C)c1=O. The van der Waals surface area contributed by atoms with Crippen LogP contribution in [0.15, 0.2) is 70.4 Å². The van der Waals surface area contributed by atoms with Gasteiger partial charge in [-0.2, -0.15) is 0 Å². The van der Waals surface area contributed by atoms with E-state index in [1.54, 1.807) is 30.3 Å². The minimum Gasteiger partial charge on any atom is -0.444 e. The number of aromatic nitrogens is 2. The summed E-state index contributed by atoms with van der Waals surface area (Å²) in [5, 5.41) is 3.28. The normalized spacial score (nSPS) is 11.9. The molecule has 3 rings (SSSR count). The molecule has 2 aromatic carbocycles. The minimum atomic E-state index is -1.29. The van der Waals surface area contributed by atoms with E-state index in [1.807, 2.05) is 0 Å². The maximum Gasteiger partial charge on any atom is 0.331 e. The van der Waals surface area contributed by atoms with Crippen molar-refractivity contribution in [1.29, 1.82) is 0 Å². The van der Waals surface area contributed by atoms with Gasteiger partial charge in [0.15, 0.2) is 0 Å². The van der Waals surface area contributed by atoms with Crippen LogP contribution in [0.25, 0.3) is 6.08 Å². The lowest BCUT2D eigenvalue weighted by Gasteiger charge is -2.17. The highest BCUT2D eigenvalue weighted by atomic mass is 35.5. The van der Waals surface area contributed by atoms with Crippen LogP contribution in [0.1, 0.15) is 17.2 Å². The number of rotatable bonds is 6. The van der Waals surface area contributed by atoms with Crippen molar-refractivity contribution in [2.24, 2.45) is 14.1 Å². The van der Waals surface area contributed by atoms with Crippen molar-refractivity contribution < 1.29 is 14.3 Å². The first-order chi connectivity index (χ1) is 15.7. The number of hydrogen-bond donors (Lipinski definition) is 1. The molecule has 0 fully saturated rings. The summed E-state index contributed by atoms with van der Waals surface area (Å²) in [6.07, 6.45) is 2.25. The molecule has 3 aromatic rings. The molecule has 170 valence electrons. The van der Waals surface area contributed by atoms with Gasteiger partial charge in [-0.15, -0.1) is 0 Å². The second-order valence-electron chi connectivity index (χ2n) is 7.05. The van der Waals surface area contributed by atoms with E-state index in [1.165, 1.54) is 49.1 Å². The first kappa shape index (κ1) is 24.0. The van der Waals surface area contributed by atoms with Crippen LogP contribution < -0.4 is 16.6 Å². The molecule has 0 aliphatic carbocycles. The van der Waals surface area contributed by atoms with Crippen molar-refractivity contribution >= 4 is 46.8 Å². The molecular weight excluding hydrogens is 469 g/mol. The molecule has 8 nitrogen and oxygen atoms in total. The second kappa shape index (κ2) is 10.3. The Morgan fingerprint density at radius 2 is 1.67 bits per heavy atom. The van der Waals surface area contributed by atoms with Gasteiger partial charge < -0.3 is 14.6 Å². The number of anilines is 1. The maximum absolute atomic E-state index is 12.9. The zero-order valence-electron chi connectivity index (χ0n) is 17.6. The lowest BCUT2D eigenvalue weighted by Crippen LogP contribution is -2.37. The Morgan fingerprint density at radius 1 is 1.03 bits per heavy atom. The molecule has 0 spiro atoms. The van der Waals surface area contributed by atoms with Crippen molar-refractivity contribution in [3.8, 4) is 0 Å². The van der Waals surface area contributed by atoms with Crippen LogP contribution in [0.5, 0.6) is 0 Å². The first-order valence-electron chi connectivity index (χ1n) is 9.63. The fourth-order valence-corrected chi connectivity index (χ4v) is 3.52. The molecule has 10 heteroatoms. The van der Waals surface area contributed by atoms with Crippen LogP contribution in [-0.2, 0) is 28.4 Å². The van der Waals surface area contributed by atoms with E-state index in [-0.39, 0.29) is 5.56 Å². The fourth-order valence-electron chi connectivity index (χ4n) is 3.00. The molecular formula is C23H19Cl2N3O5. The second-order valence-corrected chi connectivity index (χ2v) is 7.92. The Morgan fingerprint density at radius 3 is 2.30 bits per heavy atom. The van der Waals surface area contributed by atoms with Gasteiger partial charge in [0, 0.05) is 47.7 Å². The van der Waals surface area contributed by atoms with Gasteiger partial charge in [0.2, 0.25) is 6.10 Å². The van der Waals surface area contributed by atoms with Crippen LogP contribution in [0.4, 0.5) is 5.69 Å². The summed E-state index contributed by atoms with van der Waals surface area (Å²) in [7, 11) is 2.81. The highest BCUT2D eigenvalue weighted by Gasteiger charge is 2.24. The Hall–Kier alpha value is -3.62. The van der Waals surface area contributed by atoms with Crippen LogP contribution in [0.2, 0.25) is 10.0 Å². The molecule has 0 aliphatic rings. The van der Waals surface area contributed by atoms with E-state index in [2.05, 4.69) is 5.32 Å². The number of halogens is 2. The molecule has 1 N–H and O–H groups in total. The molecule has 0 saturated carbocycles. The number of esters is 1. The Balaban J connectivity index is 1.84. The monoisotopic (exact) mass is 487 g/mol. The first-order valence-corrected chi connectivity index (χ1v) is 10.4. The lowest BCUT2D eigenvalue weighted by atomic mass is 10.1. The van der Waals surface area contributed by atoms with Gasteiger partial charge in [-0.1, -0.05) is 53.5 Å². The number of ether oxygens (including phenoxy) is 1. The van der Waals surface area contributed by atoms with Crippen LogP contribution in [0.3, 0.4) is 0 Å². The van der Waals surface area contributed by atoms with E-state index in [4.69, 9.17) is 27.9 Å². The summed E-state index contributed by atoms with van der Waals surface area (Å²) in [6.45, 7) is 0. The molecule has 0 aliphatic heterocycles. The summed E-state index contributed by atoms with van der Waals surface area (Å²) in [4.78, 5) is 49.5. The molecule has 0 bridgehead atoms. The molecule has 0 radical (unpaired) electrons. The number of carbonyl (C=O) groups is 2. The predicted octanol–water partition coefficient (Wildman–Crippen LogP) is 3.33. The fraction of sp³-hybridized carbons (Fsp3) is 0.130. The van der Waals surface area contributed by atoms with Gasteiger partial charge in [-0.05, 0) is 24.3 Å².